The zero-order valence-electron chi connectivity index (χ0n) is 12.1. The van der Waals surface area contributed by atoms with Crippen molar-refractivity contribution in [2.45, 2.75) is 26.4 Å². The van der Waals surface area contributed by atoms with Gasteiger partial charge in [-0.1, -0.05) is 19.1 Å². The van der Waals surface area contributed by atoms with Gasteiger partial charge in [-0.05, 0) is 30.2 Å². The first-order valence-electron chi connectivity index (χ1n) is 7.20. The van der Waals surface area contributed by atoms with Crippen LogP contribution < -0.4 is 5.32 Å². The molecule has 1 aromatic carbocycles. The summed E-state index contributed by atoms with van der Waals surface area (Å²) in [6, 6.07) is 10.3. The minimum absolute atomic E-state index is 0.733. The summed E-state index contributed by atoms with van der Waals surface area (Å²) in [4.78, 5) is 4.40. The molecular formula is C16H19N5. The van der Waals surface area contributed by atoms with Gasteiger partial charge >= 0.3 is 0 Å². The van der Waals surface area contributed by atoms with E-state index in [1.165, 1.54) is 0 Å². The minimum atomic E-state index is 0.733. The predicted octanol–water partition coefficient (Wildman–Crippen LogP) is 3.30. The lowest BCUT2D eigenvalue weighted by atomic mass is 10.1. The van der Waals surface area contributed by atoms with Crippen molar-refractivity contribution >= 4 is 5.69 Å². The molecular weight excluding hydrogens is 262 g/mol. The van der Waals surface area contributed by atoms with Gasteiger partial charge in [0.15, 0.2) is 0 Å². The third-order valence-corrected chi connectivity index (χ3v) is 3.41. The third kappa shape index (κ3) is 3.13. The number of aromatic amines is 1. The summed E-state index contributed by atoms with van der Waals surface area (Å²) < 4.78 is 2.19. The molecule has 0 fully saturated rings. The lowest BCUT2D eigenvalue weighted by Crippen LogP contribution is -2.08. The summed E-state index contributed by atoms with van der Waals surface area (Å²) in [7, 11) is 0. The number of aryl methyl sites for hydroxylation is 1. The number of nitrogens with zero attached hydrogens (tertiary/aromatic N) is 3. The lowest BCUT2D eigenvalue weighted by molar-refractivity contribution is 0.644. The van der Waals surface area contributed by atoms with Crippen LogP contribution in [0.15, 0.2) is 48.9 Å². The summed E-state index contributed by atoms with van der Waals surface area (Å²) in [5.74, 6) is 1.06. The predicted molar refractivity (Wildman–Crippen MR) is 83.9 cm³/mol. The normalized spacial score (nSPS) is 10.7. The highest BCUT2D eigenvalue weighted by molar-refractivity contribution is 5.62. The van der Waals surface area contributed by atoms with Crippen molar-refractivity contribution in [1.82, 2.24) is 19.7 Å². The van der Waals surface area contributed by atoms with Crippen molar-refractivity contribution in [3.05, 3.63) is 54.7 Å². The first-order chi connectivity index (χ1) is 10.4. The van der Waals surface area contributed by atoms with E-state index in [4.69, 9.17) is 0 Å². The van der Waals surface area contributed by atoms with Crippen LogP contribution in [0.5, 0.6) is 0 Å². The van der Waals surface area contributed by atoms with Crippen molar-refractivity contribution in [2.75, 3.05) is 5.32 Å². The molecule has 0 radical (unpaired) electrons. The van der Waals surface area contributed by atoms with Gasteiger partial charge in [-0.25, -0.2) is 4.98 Å². The van der Waals surface area contributed by atoms with Gasteiger partial charge in [0, 0.05) is 30.8 Å². The van der Waals surface area contributed by atoms with Gasteiger partial charge in [0.05, 0.1) is 12.2 Å². The lowest BCUT2D eigenvalue weighted by Gasteiger charge is -2.09. The Morgan fingerprint density at radius 1 is 1.14 bits per heavy atom. The SMILES string of the molecule is CCCn1ccnc1CNc1ccc(-c2ccn[nH]2)cc1. The van der Waals surface area contributed by atoms with E-state index in [0.29, 0.717) is 0 Å². The average Bonchev–Trinajstić information content (AvgIpc) is 3.18. The van der Waals surface area contributed by atoms with Gasteiger partial charge in [-0.15, -0.1) is 0 Å². The molecule has 3 aromatic rings. The monoisotopic (exact) mass is 281 g/mol. The van der Waals surface area contributed by atoms with Gasteiger partial charge in [-0.3, -0.25) is 5.10 Å². The van der Waals surface area contributed by atoms with Crippen molar-refractivity contribution in [2.24, 2.45) is 0 Å². The first-order valence-corrected chi connectivity index (χ1v) is 7.20. The number of benzene rings is 1. The van der Waals surface area contributed by atoms with E-state index in [0.717, 1.165) is 42.3 Å². The molecule has 0 amide bonds. The van der Waals surface area contributed by atoms with Crippen LogP contribution in [0.25, 0.3) is 11.3 Å². The molecule has 0 saturated carbocycles. The Morgan fingerprint density at radius 3 is 2.71 bits per heavy atom. The maximum atomic E-state index is 4.40. The van der Waals surface area contributed by atoms with Crippen LogP contribution in [0.2, 0.25) is 0 Å². The van der Waals surface area contributed by atoms with Crippen LogP contribution in [-0.4, -0.2) is 19.7 Å². The number of nitrogens with one attached hydrogen (secondary N) is 2. The number of hydrogen-bond donors (Lipinski definition) is 2. The maximum absolute atomic E-state index is 4.40. The largest absolute Gasteiger partial charge is 0.378 e. The first kappa shape index (κ1) is 13.4. The number of hydrogen-bond acceptors (Lipinski definition) is 3. The molecule has 3 rings (SSSR count). The van der Waals surface area contributed by atoms with Crippen LogP contribution in [0.1, 0.15) is 19.2 Å². The molecule has 0 spiro atoms. The highest BCUT2D eigenvalue weighted by Crippen LogP contribution is 2.19. The van der Waals surface area contributed by atoms with E-state index in [1.807, 2.05) is 18.5 Å². The average molecular weight is 281 g/mol. The summed E-state index contributed by atoms with van der Waals surface area (Å²) in [5.41, 5.74) is 3.25. The van der Waals surface area contributed by atoms with Crippen LogP contribution in [0, 0.1) is 0 Å². The second kappa shape index (κ2) is 6.26. The zero-order valence-corrected chi connectivity index (χ0v) is 12.1. The van der Waals surface area contributed by atoms with Crippen molar-refractivity contribution in [1.29, 1.82) is 0 Å². The molecule has 0 aliphatic rings. The number of aromatic nitrogens is 4. The zero-order chi connectivity index (χ0) is 14.5. The topological polar surface area (TPSA) is 58.5 Å². The summed E-state index contributed by atoms with van der Waals surface area (Å²) in [5, 5.41) is 10.3. The second-order valence-corrected chi connectivity index (χ2v) is 4.94. The fourth-order valence-electron chi connectivity index (χ4n) is 2.32. The molecule has 21 heavy (non-hydrogen) atoms. The van der Waals surface area contributed by atoms with Crippen molar-refractivity contribution < 1.29 is 0 Å². The second-order valence-electron chi connectivity index (χ2n) is 4.94. The molecule has 0 unspecified atom stereocenters. The van der Waals surface area contributed by atoms with Crippen molar-refractivity contribution in [3.8, 4) is 11.3 Å². The highest BCUT2D eigenvalue weighted by atomic mass is 15.1. The molecule has 2 heterocycles. The van der Waals surface area contributed by atoms with E-state index in [9.17, 15) is 0 Å². The molecule has 0 aliphatic carbocycles. The molecule has 108 valence electrons. The van der Waals surface area contributed by atoms with E-state index in [2.05, 4.69) is 56.3 Å². The van der Waals surface area contributed by atoms with Crippen LogP contribution in [0.3, 0.4) is 0 Å². The Kier molecular flexibility index (Phi) is 4.00. The van der Waals surface area contributed by atoms with Gasteiger partial charge < -0.3 is 9.88 Å². The quantitative estimate of drug-likeness (QED) is 0.729. The van der Waals surface area contributed by atoms with Gasteiger partial charge in [0.1, 0.15) is 5.82 Å². The Hall–Kier alpha value is -2.56. The Morgan fingerprint density at radius 2 is 2.00 bits per heavy atom. The molecule has 0 saturated heterocycles. The minimum Gasteiger partial charge on any atom is -0.378 e. The number of imidazole rings is 1. The number of anilines is 1. The molecule has 5 heteroatoms. The molecule has 2 N–H and O–H groups in total. The Balaban J connectivity index is 1.64. The van der Waals surface area contributed by atoms with Crippen LogP contribution in [-0.2, 0) is 13.1 Å². The summed E-state index contributed by atoms with van der Waals surface area (Å²) >= 11 is 0. The third-order valence-electron chi connectivity index (χ3n) is 3.41. The molecule has 0 bridgehead atoms. The van der Waals surface area contributed by atoms with Crippen LogP contribution >= 0.6 is 0 Å². The maximum Gasteiger partial charge on any atom is 0.128 e. The van der Waals surface area contributed by atoms with E-state index in [1.54, 1.807) is 6.20 Å². The molecule has 0 atom stereocenters. The molecule has 2 aromatic heterocycles. The van der Waals surface area contributed by atoms with E-state index >= 15 is 0 Å². The standard InChI is InChI=1S/C16H19N5/c1-2-10-21-11-9-17-16(21)12-18-14-5-3-13(4-6-14)15-7-8-19-20-15/h3-9,11,18H,2,10,12H2,1H3,(H,19,20). The Labute approximate surface area is 124 Å². The summed E-state index contributed by atoms with van der Waals surface area (Å²) in [6.07, 6.45) is 6.76. The van der Waals surface area contributed by atoms with Crippen LogP contribution in [0.4, 0.5) is 5.69 Å². The fourth-order valence-corrected chi connectivity index (χ4v) is 2.32. The van der Waals surface area contributed by atoms with E-state index < -0.39 is 0 Å². The number of rotatable bonds is 6. The number of H-pyrrole nitrogens is 1. The van der Waals surface area contributed by atoms with E-state index in [-0.39, 0.29) is 0 Å². The molecule has 5 nitrogen and oxygen atoms in total. The Bertz CT molecular complexity index is 667. The smallest absolute Gasteiger partial charge is 0.128 e. The summed E-state index contributed by atoms with van der Waals surface area (Å²) in [6.45, 7) is 3.91. The van der Waals surface area contributed by atoms with Gasteiger partial charge in [0.25, 0.3) is 0 Å². The van der Waals surface area contributed by atoms with Gasteiger partial charge in [-0.2, -0.15) is 5.10 Å². The fraction of sp³-hybridized carbons (Fsp3) is 0.250. The van der Waals surface area contributed by atoms with Crippen molar-refractivity contribution in [3.63, 3.8) is 0 Å². The molecule has 0 aliphatic heterocycles. The van der Waals surface area contributed by atoms with Gasteiger partial charge in [0.2, 0.25) is 0 Å². The highest BCUT2D eigenvalue weighted by Gasteiger charge is 2.02.